The molecule has 0 radical (unpaired) electrons. The van der Waals surface area contributed by atoms with Crippen LogP contribution in [0.25, 0.3) is 5.57 Å². The van der Waals surface area contributed by atoms with E-state index in [0.29, 0.717) is 47.9 Å². The van der Waals surface area contributed by atoms with Crippen molar-refractivity contribution in [3.05, 3.63) is 40.5 Å². The highest BCUT2D eigenvalue weighted by Gasteiger charge is 2.28. The van der Waals surface area contributed by atoms with Crippen molar-refractivity contribution in [1.29, 1.82) is 5.26 Å². The molecule has 0 bridgehead atoms. The van der Waals surface area contributed by atoms with Crippen molar-refractivity contribution < 1.29 is 14.4 Å². The van der Waals surface area contributed by atoms with Crippen LogP contribution in [-0.4, -0.2) is 41.4 Å². The van der Waals surface area contributed by atoms with Crippen LogP contribution in [0.5, 0.6) is 5.75 Å². The van der Waals surface area contributed by atoms with Crippen molar-refractivity contribution in [3.8, 4) is 11.8 Å². The molecule has 4 rings (SSSR count). The zero-order valence-electron chi connectivity index (χ0n) is 18.2. The fraction of sp³-hybridized carbons (Fsp3) is 0.409. The number of ether oxygens (including phenoxy) is 1. The predicted molar refractivity (Wildman–Crippen MR) is 125 cm³/mol. The van der Waals surface area contributed by atoms with E-state index < -0.39 is 7.12 Å². The minimum Gasteiger partial charge on any atom is -0.531 e. The summed E-state index contributed by atoms with van der Waals surface area (Å²) in [6, 6.07) is 5.85. The first-order valence-corrected chi connectivity index (χ1v) is 11.0. The summed E-state index contributed by atoms with van der Waals surface area (Å²) in [6.07, 6.45) is 2.42. The molecule has 8 nitrogen and oxygen atoms in total. The van der Waals surface area contributed by atoms with Gasteiger partial charge in [-0.05, 0) is 42.9 Å². The number of aromatic nitrogens is 2. The highest BCUT2D eigenvalue weighted by molar-refractivity contribution is 6.53. The topological polar surface area (TPSA) is 112 Å². The van der Waals surface area contributed by atoms with Crippen molar-refractivity contribution in [2.75, 3.05) is 23.8 Å². The van der Waals surface area contributed by atoms with Crippen LogP contribution in [-0.2, 0) is 4.74 Å². The SMILES string of the molecule is Cc1cnc(Nc2cc(Cl)c3c(c2)C(C(C)C)=CB(O)O3)nc1NC1COCC[C@@H]1C#N. The Morgan fingerprint density at radius 1 is 1.38 bits per heavy atom. The molecular weight excluding hydrogens is 429 g/mol. The molecule has 2 atom stereocenters. The van der Waals surface area contributed by atoms with E-state index in [1.165, 1.54) is 0 Å². The Hall–Kier alpha value is -2.80. The summed E-state index contributed by atoms with van der Waals surface area (Å²) in [5.74, 6) is 3.24. The smallest absolute Gasteiger partial charge is 0.531 e. The number of fused-ring (bicyclic) bond motifs is 1. The molecule has 0 spiro atoms. The van der Waals surface area contributed by atoms with Gasteiger partial charge in [0.25, 0.3) is 0 Å². The standard InChI is InChI=1S/C22H25BClN5O3/c1-12(2)17-8-23(30)32-20-16(17)6-15(7-18(20)24)27-22-26-10-13(3)21(29-22)28-19-11-31-5-4-14(19)9-25/h6-8,10,12,14,19,30H,4-5,11H2,1-3H3,(H2,26,27,28,29)/t14-,19?/m1/s1. The van der Waals surface area contributed by atoms with E-state index in [0.717, 1.165) is 16.7 Å². The lowest BCUT2D eigenvalue weighted by Crippen LogP contribution is -2.38. The number of anilines is 3. The number of nitrogens with zero attached hydrogens (tertiary/aromatic N) is 3. The molecule has 2 aromatic rings. The first-order chi connectivity index (χ1) is 15.4. The van der Waals surface area contributed by atoms with Gasteiger partial charge in [0.05, 0.1) is 29.7 Å². The Labute approximate surface area is 192 Å². The van der Waals surface area contributed by atoms with Gasteiger partial charge >= 0.3 is 7.12 Å². The monoisotopic (exact) mass is 453 g/mol. The number of hydrogen-bond donors (Lipinski definition) is 3. The fourth-order valence-electron chi connectivity index (χ4n) is 3.89. The van der Waals surface area contributed by atoms with Crippen LogP contribution in [0.2, 0.25) is 5.02 Å². The van der Waals surface area contributed by atoms with Gasteiger partial charge in [-0.2, -0.15) is 10.2 Å². The van der Waals surface area contributed by atoms with Gasteiger partial charge in [-0.3, -0.25) is 0 Å². The third-order valence-corrected chi connectivity index (χ3v) is 5.89. The molecule has 1 fully saturated rings. The van der Waals surface area contributed by atoms with E-state index in [1.54, 1.807) is 18.2 Å². The van der Waals surface area contributed by atoms with Gasteiger partial charge in [0, 0.05) is 29.6 Å². The van der Waals surface area contributed by atoms with E-state index in [-0.39, 0.29) is 17.9 Å². The number of allylic oxidation sites excluding steroid dienone is 1. The van der Waals surface area contributed by atoms with Gasteiger partial charge in [0.15, 0.2) is 0 Å². The normalized spacial score (nSPS) is 20.2. The Kier molecular flexibility index (Phi) is 6.56. The molecule has 32 heavy (non-hydrogen) atoms. The lowest BCUT2D eigenvalue weighted by Gasteiger charge is -2.28. The average Bonchev–Trinajstić information content (AvgIpc) is 2.76. The predicted octanol–water partition coefficient (Wildman–Crippen LogP) is 3.97. The van der Waals surface area contributed by atoms with Crippen molar-refractivity contribution in [1.82, 2.24) is 9.97 Å². The lowest BCUT2D eigenvalue weighted by atomic mass is 9.78. The molecular formula is C22H25BClN5O3. The van der Waals surface area contributed by atoms with E-state index in [2.05, 4.69) is 26.7 Å². The maximum Gasteiger partial charge on any atom is 0.552 e. The Morgan fingerprint density at radius 3 is 2.94 bits per heavy atom. The molecule has 0 aliphatic carbocycles. The van der Waals surface area contributed by atoms with Crippen molar-refractivity contribution in [3.63, 3.8) is 0 Å². The highest BCUT2D eigenvalue weighted by atomic mass is 35.5. The van der Waals surface area contributed by atoms with Gasteiger partial charge in [-0.1, -0.05) is 25.4 Å². The van der Waals surface area contributed by atoms with Crippen molar-refractivity contribution in [2.45, 2.75) is 33.2 Å². The summed E-state index contributed by atoms with van der Waals surface area (Å²) >= 11 is 6.47. The van der Waals surface area contributed by atoms with E-state index >= 15 is 0 Å². The Bertz CT molecular complexity index is 1090. The third-order valence-electron chi connectivity index (χ3n) is 5.61. The number of nitriles is 1. The number of rotatable bonds is 5. The highest BCUT2D eigenvalue weighted by Crippen LogP contribution is 2.42. The number of nitrogens with one attached hydrogen (secondary N) is 2. The first kappa shape index (κ1) is 22.4. The molecule has 0 saturated carbocycles. The Balaban J connectivity index is 1.60. The fourth-order valence-corrected chi connectivity index (χ4v) is 4.15. The second-order valence-electron chi connectivity index (χ2n) is 8.32. The number of hydrogen-bond acceptors (Lipinski definition) is 8. The molecule has 10 heteroatoms. The molecule has 166 valence electrons. The maximum absolute atomic E-state index is 10.0. The molecule has 1 aromatic heterocycles. The summed E-state index contributed by atoms with van der Waals surface area (Å²) < 4.78 is 11.1. The van der Waals surface area contributed by atoms with E-state index in [4.69, 9.17) is 21.0 Å². The second kappa shape index (κ2) is 9.37. The molecule has 3 heterocycles. The zero-order valence-corrected chi connectivity index (χ0v) is 19.0. The quantitative estimate of drug-likeness (QED) is 0.583. The number of halogens is 1. The Morgan fingerprint density at radius 2 is 2.19 bits per heavy atom. The zero-order chi connectivity index (χ0) is 22.8. The van der Waals surface area contributed by atoms with Crippen LogP contribution in [0.3, 0.4) is 0 Å². The molecule has 2 aliphatic rings. The van der Waals surface area contributed by atoms with Gasteiger partial charge < -0.3 is 25.0 Å². The first-order valence-electron chi connectivity index (χ1n) is 10.6. The van der Waals surface area contributed by atoms with Gasteiger partial charge in [-0.15, -0.1) is 0 Å². The lowest BCUT2D eigenvalue weighted by molar-refractivity contribution is 0.0698. The van der Waals surface area contributed by atoms with Gasteiger partial charge in [-0.25, -0.2) is 4.98 Å². The molecule has 1 unspecified atom stereocenters. The van der Waals surface area contributed by atoms with Crippen molar-refractivity contribution >= 4 is 41.7 Å². The van der Waals surface area contributed by atoms with Crippen molar-refractivity contribution in [2.24, 2.45) is 11.8 Å². The van der Waals surface area contributed by atoms with Crippen LogP contribution in [0.15, 0.2) is 24.3 Å². The van der Waals surface area contributed by atoms with E-state index in [1.807, 2.05) is 26.8 Å². The van der Waals surface area contributed by atoms with Crippen LogP contribution in [0.1, 0.15) is 31.4 Å². The largest absolute Gasteiger partial charge is 0.552 e. The molecule has 2 aliphatic heterocycles. The summed E-state index contributed by atoms with van der Waals surface area (Å²) in [5, 5.41) is 26.4. The van der Waals surface area contributed by atoms with Crippen LogP contribution in [0, 0.1) is 30.1 Å². The minimum absolute atomic E-state index is 0.129. The number of aryl methyl sites for hydroxylation is 1. The third kappa shape index (κ3) is 4.68. The minimum atomic E-state index is -1.02. The van der Waals surface area contributed by atoms with Crippen LogP contribution < -0.4 is 15.3 Å². The second-order valence-corrected chi connectivity index (χ2v) is 8.73. The molecule has 1 aromatic carbocycles. The summed E-state index contributed by atoms with van der Waals surface area (Å²) in [7, 11) is -1.02. The molecule has 1 saturated heterocycles. The number of benzene rings is 1. The molecule has 0 amide bonds. The molecule has 3 N–H and O–H groups in total. The van der Waals surface area contributed by atoms with Crippen LogP contribution >= 0.6 is 11.6 Å². The maximum atomic E-state index is 10.0. The summed E-state index contributed by atoms with van der Waals surface area (Å²) in [6.45, 7) is 7.06. The summed E-state index contributed by atoms with van der Waals surface area (Å²) in [5.41, 5.74) is 3.35. The van der Waals surface area contributed by atoms with Gasteiger partial charge in [0.1, 0.15) is 11.6 Å². The van der Waals surface area contributed by atoms with E-state index in [9.17, 15) is 10.3 Å². The van der Waals surface area contributed by atoms with Gasteiger partial charge in [0.2, 0.25) is 5.95 Å². The van der Waals surface area contributed by atoms with Crippen LogP contribution in [0.4, 0.5) is 17.5 Å². The average molecular weight is 454 g/mol. The summed E-state index contributed by atoms with van der Waals surface area (Å²) in [4.78, 5) is 9.00.